The van der Waals surface area contributed by atoms with Gasteiger partial charge >= 0.3 is 5.97 Å². The van der Waals surface area contributed by atoms with Crippen molar-refractivity contribution in [2.45, 2.75) is 51.5 Å². The van der Waals surface area contributed by atoms with Crippen molar-refractivity contribution >= 4 is 17.7 Å². The predicted octanol–water partition coefficient (Wildman–Crippen LogP) is 1.92. The fourth-order valence-electron chi connectivity index (χ4n) is 4.29. The smallest absolute Gasteiger partial charge is 0.329 e. The van der Waals surface area contributed by atoms with Crippen LogP contribution >= 0.6 is 0 Å². The number of nitrogens with one attached hydrogen (secondary N) is 1. The molecule has 0 aliphatic heterocycles. The number of aliphatic carboxylic acids is 1. The molecule has 120 valence electrons. The Hall–Kier alpha value is -1.65. The van der Waals surface area contributed by atoms with Crippen LogP contribution in [0.2, 0.25) is 0 Å². The van der Waals surface area contributed by atoms with Gasteiger partial charge in [0, 0.05) is 17.9 Å². The van der Waals surface area contributed by atoms with E-state index in [1.165, 1.54) is 0 Å². The van der Waals surface area contributed by atoms with Crippen molar-refractivity contribution in [3.8, 4) is 0 Å². The summed E-state index contributed by atoms with van der Waals surface area (Å²) in [6, 6.07) is 0. The largest absolute Gasteiger partial charge is 0.479 e. The molecule has 0 bridgehead atoms. The zero-order chi connectivity index (χ0) is 16.1. The highest BCUT2D eigenvalue weighted by molar-refractivity contribution is 6.00. The second-order valence-corrected chi connectivity index (χ2v) is 7.09. The summed E-state index contributed by atoms with van der Waals surface area (Å²) in [6.07, 6.45) is 5.24. The molecule has 22 heavy (non-hydrogen) atoms. The number of amides is 1. The summed E-state index contributed by atoms with van der Waals surface area (Å²) in [6.45, 7) is 3.95. The number of ketones is 1. The lowest BCUT2D eigenvalue weighted by Crippen LogP contribution is -2.47. The molecule has 1 amide bonds. The van der Waals surface area contributed by atoms with Crippen LogP contribution in [0.15, 0.2) is 11.6 Å². The zero-order valence-electron chi connectivity index (χ0n) is 13.1. The first-order valence-corrected chi connectivity index (χ1v) is 8.19. The van der Waals surface area contributed by atoms with Gasteiger partial charge in [0.25, 0.3) is 0 Å². The standard InChI is InChI=1S/C17H23NO4/c1-3-10-8-17(10,16(21)22)18-15(20)13-7-9(2)6-12-11(13)4-5-14(12)19/h7,9-12H,3-6,8H2,1-2H3,(H,18,20)(H,21,22)/t9-,10+,11?,12?,17+/m1/s1. The molecule has 2 N–H and O–H groups in total. The Labute approximate surface area is 130 Å². The van der Waals surface area contributed by atoms with E-state index in [1.807, 2.05) is 19.9 Å². The minimum atomic E-state index is -1.09. The third-order valence-electron chi connectivity index (χ3n) is 5.67. The van der Waals surface area contributed by atoms with Crippen LogP contribution in [-0.4, -0.2) is 28.3 Å². The number of hydrogen-bond acceptors (Lipinski definition) is 3. The van der Waals surface area contributed by atoms with Crippen LogP contribution < -0.4 is 5.32 Å². The second-order valence-electron chi connectivity index (χ2n) is 7.09. The molecular formula is C17H23NO4. The summed E-state index contributed by atoms with van der Waals surface area (Å²) < 4.78 is 0. The maximum absolute atomic E-state index is 12.7. The van der Waals surface area contributed by atoms with E-state index in [1.54, 1.807) is 0 Å². The maximum atomic E-state index is 12.7. The number of carboxylic acids is 1. The lowest BCUT2D eigenvalue weighted by Gasteiger charge is -2.29. The molecule has 2 saturated carbocycles. The Bertz CT molecular complexity index is 567. The highest BCUT2D eigenvalue weighted by atomic mass is 16.4. The van der Waals surface area contributed by atoms with Crippen LogP contribution in [0, 0.1) is 23.7 Å². The molecule has 5 nitrogen and oxygen atoms in total. The van der Waals surface area contributed by atoms with Crippen LogP contribution in [0.1, 0.15) is 46.0 Å². The highest BCUT2D eigenvalue weighted by Crippen LogP contribution is 2.47. The van der Waals surface area contributed by atoms with E-state index in [4.69, 9.17) is 0 Å². The number of hydrogen-bond donors (Lipinski definition) is 2. The zero-order valence-corrected chi connectivity index (χ0v) is 13.1. The summed E-state index contributed by atoms with van der Waals surface area (Å²) in [7, 11) is 0. The maximum Gasteiger partial charge on any atom is 0.329 e. The summed E-state index contributed by atoms with van der Waals surface area (Å²) in [4.78, 5) is 36.2. The molecule has 0 heterocycles. The summed E-state index contributed by atoms with van der Waals surface area (Å²) in [5.74, 6) is -0.856. The highest BCUT2D eigenvalue weighted by Gasteiger charge is 2.61. The molecule has 0 radical (unpaired) electrons. The summed E-state index contributed by atoms with van der Waals surface area (Å²) in [5, 5.41) is 12.2. The third kappa shape index (κ3) is 2.27. The van der Waals surface area contributed by atoms with Crippen LogP contribution in [0.5, 0.6) is 0 Å². The number of fused-ring (bicyclic) bond motifs is 1. The molecule has 3 aliphatic carbocycles. The number of carbonyl (C=O) groups is 3. The SMILES string of the molecule is CC[C@H]1C[C@@]1(NC(=O)C1=C[C@H](C)CC2C(=O)CCC12)C(=O)O. The normalized spacial score (nSPS) is 39.9. The van der Waals surface area contributed by atoms with Gasteiger partial charge in [-0.3, -0.25) is 9.59 Å². The van der Waals surface area contributed by atoms with Gasteiger partial charge in [0.05, 0.1) is 0 Å². The third-order valence-corrected chi connectivity index (χ3v) is 5.67. The Morgan fingerprint density at radius 3 is 2.73 bits per heavy atom. The van der Waals surface area contributed by atoms with Gasteiger partial charge in [-0.25, -0.2) is 4.79 Å². The lowest BCUT2D eigenvalue weighted by molar-refractivity contribution is -0.143. The molecule has 3 rings (SSSR count). The molecule has 0 spiro atoms. The first-order chi connectivity index (χ1) is 10.4. The molecule has 0 aromatic carbocycles. The number of allylic oxidation sites excluding steroid dienone is 1. The molecule has 5 atom stereocenters. The molecule has 2 unspecified atom stereocenters. The van der Waals surface area contributed by atoms with Gasteiger partial charge in [0.15, 0.2) is 0 Å². The fraction of sp³-hybridized carbons (Fsp3) is 0.706. The van der Waals surface area contributed by atoms with Gasteiger partial charge in [-0.2, -0.15) is 0 Å². The second kappa shape index (κ2) is 5.21. The van der Waals surface area contributed by atoms with Crippen LogP contribution in [0.3, 0.4) is 0 Å². The average molecular weight is 305 g/mol. The minimum absolute atomic E-state index is 0.0107. The number of carboxylic acid groups (broad SMARTS) is 1. The van der Waals surface area contributed by atoms with Gasteiger partial charge in [0.2, 0.25) is 5.91 Å². The van der Waals surface area contributed by atoms with Gasteiger partial charge in [-0.05, 0) is 37.0 Å². The molecule has 0 aromatic rings. The number of carbonyl (C=O) groups excluding carboxylic acids is 2. The van der Waals surface area contributed by atoms with Gasteiger partial charge in [-0.15, -0.1) is 0 Å². The average Bonchev–Trinajstić information content (AvgIpc) is 3.08. The van der Waals surface area contributed by atoms with Crippen molar-refractivity contribution in [2.75, 3.05) is 0 Å². The van der Waals surface area contributed by atoms with E-state index in [2.05, 4.69) is 5.32 Å². The van der Waals surface area contributed by atoms with E-state index in [-0.39, 0.29) is 35.4 Å². The van der Waals surface area contributed by atoms with Gasteiger partial charge in [-0.1, -0.05) is 26.3 Å². The Morgan fingerprint density at radius 2 is 2.14 bits per heavy atom. The van der Waals surface area contributed by atoms with Crippen LogP contribution in [0.25, 0.3) is 0 Å². The number of rotatable bonds is 4. The van der Waals surface area contributed by atoms with Crippen LogP contribution in [-0.2, 0) is 14.4 Å². The van der Waals surface area contributed by atoms with E-state index >= 15 is 0 Å². The monoisotopic (exact) mass is 305 g/mol. The Balaban J connectivity index is 1.80. The molecule has 3 aliphatic rings. The number of Topliss-reactive ketones (excluding diaryl/α,β-unsaturated/α-hetero) is 1. The van der Waals surface area contributed by atoms with E-state index in [0.717, 1.165) is 12.8 Å². The fourth-order valence-corrected chi connectivity index (χ4v) is 4.29. The Morgan fingerprint density at radius 1 is 1.41 bits per heavy atom. The van der Waals surface area contributed by atoms with Crippen molar-refractivity contribution in [3.63, 3.8) is 0 Å². The topological polar surface area (TPSA) is 83.5 Å². The van der Waals surface area contributed by atoms with Crippen molar-refractivity contribution in [2.24, 2.45) is 23.7 Å². The predicted molar refractivity (Wildman–Crippen MR) is 80.0 cm³/mol. The minimum Gasteiger partial charge on any atom is -0.479 e. The molecule has 5 heteroatoms. The molecule has 2 fully saturated rings. The quantitative estimate of drug-likeness (QED) is 0.831. The van der Waals surface area contributed by atoms with Crippen molar-refractivity contribution < 1.29 is 19.5 Å². The Kier molecular flexibility index (Phi) is 3.62. The van der Waals surface area contributed by atoms with Gasteiger partial charge in [0.1, 0.15) is 11.3 Å². The summed E-state index contributed by atoms with van der Waals surface area (Å²) >= 11 is 0. The molecule has 0 aromatic heterocycles. The van der Waals surface area contributed by atoms with E-state index in [0.29, 0.717) is 24.8 Å². The molecular weight excluding hydrogens is 282 g/mol. The van der Waals surface area contributed by atoms with E-state index < -0.39 is 11.5 Å². The van der Waals surface area contributed by atoms with E-state index in [9.17, 15) is 19.5 Å². The lowest BCUT2D eigenvalue weighted by atomic mass is 9.76. The molecule has 0 saturated heterocycles. The van der Waals surface area contributed by atoms with Crippen molar-refractivity contribution in [1.29, 1.82) is 0 Å². The first kappa shape index (κ1) is 15.3. The van der Waals surface area contributed by atoms with Crippen molar-refractivity contribution in [3.05, 3.63) is 11.6 Å². The first-order valence-electron chi connectivity index (χ1n) is 8.19. The van der Waals surface area contributed by atoms with Gasteiger partial charge < -0.3 is 10.4 Å². The summed E-state index contributed by atoms with van der Waals surface area (Å²) in [5.41, 5.74) is -0.456. The van der Waals surface area contributed by atoms with Crippen molar-refractivity contribution in [1.82, 2.24) is 5.32 Å². The van der Waals surface area contributed by atoms with Crippen LogP contribution in [0.4, 0.5) is 0 Å².